The van der Waals surface area contributed by atoms with E-state index < -0.39 is 0 Å². The molecule has 0 bridgehead atoms. The van der Waals surface area contributed by atoms with E-state index in [1.54, 1.807) is 13.2 Å². The van der Waals surface area contributed by atoms with Crippen LogP contribution in [0.3, 0.4) is 0 Å². The minimum atomic E-state index is -0.240. The van der Waals surface area contributed by atoms with Crippen molar-refractivity contribution in [1.82, 2.24) is 15.6 Å². The number of nitrogens with zero attached hydrogens (tertiary/aromatic N) is 3. The summed E-state index contributed by atoms with van der Waals surface area (Å²) < 4.78 is 0. The number of carbonyl (C=O) groups excluding carboxylic acids is 1. The van der Waals surface area contributed by atoms with Crippen LogP contribution in [0.15, 0.2) is 47.6 Å². The Morgan fingerprint density at radius 2 is 2.14 bits per heavy atom. The summed E-state index contributed by atoms with van der Waals surface area (Å²) in [5, 5.41) is 7.33. The van der Waals surface area contributed by atoms with Crippen LogP contribution in [-0.2, 0) is 17.9 Å². The summed E-state index contributed by atoms with van der Waals surface area (Å²) in [5.74, 6) is 1.21. The van der Waals surface area contributed by atoms with Crippen molar-refractivity contribution in [2.45, 2.75) is 25.9 Å². The number of aliphatic imine (C=N–C) groups is 1. The topological polar surface area (TPSA) is 95.6 Å². The van der Waals surface area contributed by atoms with Crippen LogP contribution < -0.4 is 21.3 Å². The molecule has 2 heterocycles. The highest BCUT2D eigenvalue weighted by Gasteiger charge is 2.25. The van der Waals surface area contributed by atoms with Gasteiger partial charge in [0.15, 0.2) is 5.96 Å². The van der Waals surface area contributed by atoms with E-state index in [4.69, 9.17) is 17.3 Å². The molecule has 1 amide bonds. The number of piperidine rings is 1. The molecule has 1 saturated heterocycles. The highest BCUT2D eigenvalue weighted by atomic mass is 35.5. The van der Waals surface area contributed by atoms with Crippen molar-refractivity contribution in [3.8, 4) is 0 Å². The van der Waals surface area contributed by atoms with Crippen LogP contribution >= 0.6 is 11.6 Å². The van der Waals surface area contributed by atoms with Crippen molar-refractivity contribution in [3.63, 3.8) is 0 Å². The summed E-state index contributed by atoms with van der Waals surface area (Å²) in [6.07, 6.45) is 3.55. The van der Waals surface area contributed by atoms with Crippen LogP contribution in [0.25, 0.3) is 0 Å². The number of pyridine rings is 1. The first kappa shape index (κ1) is 20.9. The number of primary amides is 1. The third-order valence-electron chi connectivity index (χ3n) is 5.01. The van der Waals surface area contributed by atoms with Crippen LogP contribution in [0.5, 0.6) is 0 Å². The molecular formula is C21H27ClN6O. The Morgan fingerprint density at radius 1 is 1.31 bits per heavy atom. The lowest BCUT2D eigenvalue weighted by atomic mass is 9.97. The van der Waals surface area contributed by atoms with E-state index in [9.17, 15) is 4.79 Å². The first-order chi connectivity index (χ1) is 14.1. The van der Waals surface area contributed by atoms with Gasteiger partial charge in [-0.25, -0.2) is 4.98 Å². The minimum Gasteiger partial charge on any atom is -0.369 e. The predicted molar refractivity (Wildman–Crippen MR) is 117 cm³/mol. The third-order valence-corrected chi connectivity index (χ3v) is 5.24. The number of halogens is 1. The molecule has 4 N–H and O–H groups in total. The van der Waals surface area contributed by atoms with Crippen LogP contribution in [0.1, 0.15) is 24.0 Å². The average Bonchev–Trinajstić information content (AvgIpc) is 2.74. The van der Waals surface area contributed by atoms with Gasteiger partial charge in [0.2, 0.25) is 5.91 Å². The molecule has 1 aliphatic heterocycles. The highest BCUT2D eigenvalue weighted by molar-refractivity contribution is 6.30. The lowest BCUT2D eigenvalue weighted by Crippen LogP contribution is -2.42. The first-order valence-electron chi connectivity index (χ1n) is 9.74. The largest absolute Gasteiger partial charge is 0.369 e. The molecule has 1 unspecified atom stereocenters. The van der Waals surface area contributed by atoms with Gasteiger partial charge in [-0.2, -0.15) is 0 Å². The number of hydrogen-bond donors (Lipinski definition) is 3. The van der Waals surface area contributed by atoms with Crippen molar-refractivity contribution in [3.05, 3.63) is 58.7 Å². The van der Waals surface area contributed by atoms with E-state index in [-0.39, 0.29) is 11.8 Å². The fourth-order valence-corrected chi connectivity index (χ4v) is 3.70. The molecule has 1 aromatic carbocycles. The number of rotatable bonds is 6. The maximum atomic E-state index is 11.6. The molecule has 1 atom stereocenters. The maximum absolute atomic E-state index is 11.6. The molecule has 1 fully saturated rings. The Balaban J connectivity index is 1.62. The van der Waals surface area contributed by atoms with Crippen LogP contribution in [0.4, 0.5) is 5.82 Å². The van der Waals surface area contributed by atoms with Gasteiger partial charge in [-0.15, -0.1) is 0 Å². The van der Waals surface area contributed by atoms with E-state index in [0.29, 0.717) is 30.6 Å². The average molecular weight is 415 g/mol. The van der Waals surface area contributed by atoms with Crippen molar-refractivity contribution in [2.75, 3.05) is 25.0 Å². The lowest BCUT2D eigenvalue weighted by molar-refractivity contribution is -0.122. The third kappa shape index (κ3) is 5.84. The van der Waals surface area contributed by atoms with Crippen molar-refractivity contribution in [2.24, 2.45) is 16.6 Å². The number of hydrogen-bond acceptors (Lipinski definition) is 4. The van der Waals surface area contributed by atoms with Crippen LogP contribution in [0.2, 0.25) is 5.02 Å². The summed E-state index contributed by atoms with van der Waals surface area (Å²) in [4.78, 5) is 22.6. The molecular weight excluding hydrogens is 388 g/mol. The van der Waals surface area contributed by atoms with Gasteiger partial charge < -0.3 is 21.3 Å². The molecule has 8 heteroatoms. The van der Waals surface area contributed by atoms with Gasteiger partial charge in [0, 0.05) is 50.0 Å². The Kier molecular flexibility index (Phi) is 7.30. The smallest absolute Gasteiger partial charge is 0.222 e. The summed E-state index contributed by atoms with van der Waals surface area (Å²) in [5.41, 5.74) is 7.64. The monoisotopic (exact) mass is 414 g/mol. The van der Waals surface area contributed by atoms with Gasteiger partial charge in [0.05, 0.1) is 5.92 Å². The maximum Gasteiger partial charge on any atom is 0.222 e. The standard InChI is InChI=1S/C21H27ClN6O/c1-24-21(26-12-15-5-2-8-18(22)11-15)27-13-16-6-3-9-25-20(16)28-10-4-7-17(14-28)19(23)29/h2-3,5-6,8-9,11,17H,4,7,10,12-14H2,1H3,(H2,23,29)(H2,24,26,27). The number of benzene rings is 1. The predicted octanol–water partition coefficient (Wildman–Crippen LogP) is 2.30. The molecule has 1 aromatic heterocycles. The fourth-order valence-electron chi connectivity index (χ4n) is 3.49. The summed E-state index contributed by atoms with van der Waals surface area (Å²) in [6, 6.07) is 11.7. The molecule has 7 nitrogen and oxygen atoms in total. The van der Waals surface area contributed by atoms with Gasteiger partial charge in [-0.3, -0.25) is 9.79 Å². The highest BCUT2D eigenvalue weighted by Crippen LogP contribution is 2.24. The van der Waals surface area contributed by atoms with Gasteiger partial charge in [-0.05, 0) is 36.6 Å². The summed E-state index contributed by atoms with van der Waals surface area (Å²) in [6.45, 7) is 2.67. The number of carbonyl (C=O) groups is 1. The summed E-state index contributed by atoms with van der Waals surface area (Å²) >= 11 is 6.04. The van der Waals surface area contributed by atoms with Crippen LogP contribution in [0, 0.1) is 5.92 Å². The second-order valence-electron chi connectivity index (χ2n) is 7.08. The molecule has 154 valence electrons. The Morgan fingerprint density at radius 3 is 2.90 bits per heavy atom. The molecule has 1 aliphatic rings. The van der Waals surface area contributed by atoms with E-state index in [1.807, 2.05) is 36.4 Å². The number of aromatic nitrogens is 1. The lowest BCUT2D eigenvalue weighted by Gasteiger charge is -2.33. The van der Waals surface area contributed by atoms with Gasteiger partial charge in [0.1, 0.15) is 5.82 Å². The quantitative estimate of drug-likeness (QED) is 0.498. The van der Waals surface area contributed by atoms with Crippen molar-refractivity contribution < 1.29 is 4.79 Å². The molecule has 0 spiro atoms. The Bertz CT molecular complexity index is 872. The number of anilines is 1. The fraction of sp³-hybridized carbons (Fsp3) is 0.381. The zero-order valence-corrected chi connectivity index (χ0v) is 17.3. The van der Waals surface area contributed by atoms with E-state index >= 15 is 0 Å². The zero-order chi connectivity index (χ0) is 20.6. The number of nitrogens with two attached hydrogens (primary N) is 1. The first-order valence-corrected chi connectivity index (χ1v) is 10.1. The Hall–Kier alpha value is -2.80. The van der Waals surface area contributed by atoms with Crippen molar-refractivity contribution in [1.29, 1.82) is 0 Å². The number of nitrogens with one attached hydrogen (secondary N) is 2. The molecule has 2 aromatic rings. The molecule has 29 heavy (non-hydrogen) atoms. The second kappa shape index (κ2) is 10.1. The second-order valence-corrected chi connectivity index (χ2v) is 7.52. The summed E-state index contributed by atoms with van der Waals surface area (Å²) in [7, 11) is 1.74. The van der Waals surface area contributed by atoms with Crippen LogP contribution in [-0.4, -0.2) is 37.0 Å². The van der Waals surface area contributed by atoms with E-state index in [2.05, 4.69) is 25.5 Å². The SMILES string of the molecule is CN=C(NCc1cccc(Cl)c1)NCc1cccnc1N1CCCC(C(N)=O)C1. The number of amides is 1. The van der Waals surface area contributed by atoms with E-state index in [1.165, 1.54) is 0 Å². The van der Waals surface area contributed by atoms with Gasteiger partial charge in [0.25, 0.3) is 0 Å². The molecule has 0 saturated carbocycles. The number of guanidine groups is 1. The Labute approximate surface area is 176 Å². The normalized spacial score (nSPS) is 17.1. The minimum absolute atomic E-state index is 0.126. The molecule has 0 radical (unpaired) electrons. The van der Waals surface area contributed by atoms with Crippen molar-refractivity contribution >= 4 is 29.3 Å². The van der Waals surface area contributed by atoms with Gasteiger partial charge in [-0.1, -0.05) is 29.8 Å². The molecule has 3 rings (SSSR count). The molecule has 0 aliphatic carbocycles. The zero-order valence-electron chi connectivity index (χ0n) is 16.6. The van der Waals surface area contributed by atoms with E-state index in [0.717, 1.165) is 36.3 Å². The van der Waals surface area contributed by atoms with Gasteiger partial charge >= 0.3 is 0 Å².